The highest BCUT2D eigenvalue weighted by Gasteiger charge is 2.39. The van der Waals surface area contributed by atoms with E-state index < -0.39 is 11.9 Å². The number of piperidine rings is 2. The van der Waals surface area contributed by atoms with Gasteiger partial charge in [0.25, 0.3) is 11.8 Å². The van der Waals surface area contributed by atoms with Gasteiger partial charge in [0.2, 0.25) is 11.8 Å². The van der Waals surface area contributed by atoms with Gasteiger partial charge in [0.05, 0.1) is 11.9 Å². The molecule has 0 aliphatic carbocycles. The smallest absolute Gasteiger partial charge is 0.273 e. The molecule has 4 amide bonds. The van der Waals surface area contributed by atoms with Crippen molar-refractivity contribution < 1.29 is 19.2 Å². The Hall–Kier alpha value is -3.60. The van der Waals surface area contributed by atoms with Crippen LogP contribution < -0.4 is 10.6 Å². The van der Waals surface area contributed by atoms with Crippen molar-refractivity contribution in [1.82, 2.24) is 35.4 Å². The van der Waals surface area contributed by atoms with E-state index in [2.05, 4.69) is 25.8 Å². The average molecular weight is 463 g/mol. The summed E-state index contributed by atoms with van der Waals surface area (Å²) >= 11 is 0. The number of nitrogens with one attached hydrogen (secondary N) is 2. The van der Waals surface area contributed by atoms with Crippen molar-refractivity contribution in [2.24, 2.45) is 5.92 Å². The van der Waals surface area contributed by atoms with Crippen LogP contribution in [0.5, 0.6) is 0 Å². The Kier molecular flexibility index (Phi) is 4.94. The summed E-state index contributed by atoms with van der Waals surface area (Å²) in [5.74, 6) is -0.756. The molecule has 176 valence electrons. The van der Waals surface area contributed by atoms with Crippen molar-refractivity contribution in [2.75, 3.05) is 19.6 Å². The Balaban J connectivity index is 1.17. The third-order valence-electron chi connectivity index (χ3n) is 7.45. The summed E-state index contributed by atoms with van der Waals surface area (Å²) in [6, 6.07) is 4.84. The van der Waals surface area contributed by atoms with E-state index in [1.54, 1.807) is 12.3 Å². The lowest BCUT2D eigenvalue weighted by Crippen LogP contribution is -2.52. The highest BCUT2D eigenvalue weighted by molar-refractivity contribution is 6.05. The fourth-order valence-electron chi connectivity index (χ4n) is 5.56. The summed E-state index contributed by atoms with van der Waals surface area (Å²) in [6.45, 7) is 3.46. The third-order valence-corrected chi connectivity index (χ3v) is 7.45. The van der Waals surface area contributed by atoms with Gasteiger partial charge in [-0.2, -0.15) is 0 Å². The summed E-state index contributed by atoms with van der Waals surface area (Å²) in [5, 5.41) is 13.6. The molecule has 6 rings (SSSR count). The standard InChI is InChI=1S/C23H25N7O4/c31-20-4-3-19(22(33)25-20)29-11-13-1-2-15(9-16(13)23(29)34)30-12-18(26-27-30)21(32)24-17-6-8-28-7-5-14(17)10-28/h1-2,9,12,14,17,19H,3-8,10-11H2,(H,24,32)(H,25,31,33). The van der Waals surface area contributed by atoms with Crippen molar-refractivity contribution >= 4 is 23.6 Å². The van der Waals surface area contributed by atoms with E-state index >= 15 is 0 Å². The maximum atomic E-state index is 13.1. The molecular weight excluding hydrogens is 438 g/mol. The van der Waals surface area contributed by atoms with Crippen molar-refractivity contribution in [3.8, 4) is 5.69 Å². The minimum Gasteiger partial charge on any atom is -0.347 e. The lowest BCUT2D eigenvalue weighted by molar-refractivity contribution is -0.136. The number of carbonyl (C=O) groups excluding carboxylic acids is 4. The normalized spacial score (nSPS) is 28.1. The second kappa shape index (κ2) is 8.01. The van der Waals surface area contributed by atoms with Gasteiger partial charge < -0.3 is 15.1 Å². The molecule has 11 heteroatoms. The second-order valence-corrected chi connectivity index (χ2v) is 9.51. The van der Waals surface area contributed by atoms with Gasteiger partial charge in [0.15, 0.2) is 5.69 Å². The minimum absolute atomic E-state index is 0.160. The van der Waals surface area contributed by atoms with Crippen LogP contribution in [0.3, 0.4) is 0 Å². The van der Waals surface area contributed by atoms with Crippen LogP contribution in [0.15, 0.2) is 24.4 Å². The Morgan fingerprint density at radius 2 is 1.97 bits per heavy atom. The fourth-order valence-corrected chi connectivity index (χ4v) is 5.56. The molecule has 3 fully saturated rings. The summed E-state index contributed by atoms with van der Waals surface area (Å²) in [7, 11) is 0. The summed E-state index contributed by atoms with van der Waals surface area (Å²) in [6.07, 6.45) is 4.15. The van der Waals surface area contributed by atoms with E-state index in [9.17, 15) is 19.2 Å². The van der Waals surface area contributed by atoms with Crippen LogP contribution >= 0.6 is 0 Å². The number of rotatable bonds is 4. The van der Waals surface area contributed by atoms with Crippen molar-refractivity contribution in [3.63, 3.8) is 0 Å². The lowest BCUT2D eigenvalue weighted by Gasteiger charge is -2.30. The molecule has 0 spiro atoms. The van der Waals surface area contributed by atoms with Crippen molar-refractivity contribution in [3.05, 3.63) is 41.2 Å². The number of hydrogen-bond acceptors (Lipinski definition) is 7. The van der Waals surface area contributed by atoms with E-state index in [0.717, 1.165) is 38.0 Å². The zero-order valence-electron chi connectivity index (χ0n) is 18.6. The molecule has 2 bridgehead atoms. The van der Waals surface area contributed by atoms with Crippen LogP contribution in [-0.2, 0) is 16.1 Å². The molecule has 4 aliphatic heterocycles. The highest BCUT2D eigenvalue weighted by atomic mass is 16.2. The molecule has 2 aromatic rings. The Labute approximate surface area is 195 Å². The largest absolute Gasteiger partial charge is 0.347 e. The van der Waals surface area contributed by atoms with Crippen LogP contribution in [-0.4, -0.2) is 80.1 Å². The number of hydrogen-bond donors (Lipinski definition) is 2. The number of aromatic nitrogens is 3. The maximum Gasteiger partial charge on any atom is 0.273 e. The molecule has 0 radical (unpaired) electrons. The Morgan fingerprint density at radius 1 is 1.12 bits per heavy atom. The van der Waals surface area contributed by atoms with Gasteiger partial charge in [-0.3, -0.25) is 24.5 Å². The molecule has 0 saturated carbocycles. The first kappa shape index (κ1) is 21.0. The number of benzene rings is 1. The molecule has 2 N–H and O–H groups in total. The Morgan fingerprint density at radius 3 is 2.82 bits per heavy atom. The van der Waals surface area contributed by atoms with Crippen LogP contribution in [0.25, 0.3) is 5.69 Å². The molecule has 5 heterocycles. The average Bonchev–Trinajstić information content (AvgIpc) is 3.54. The quantitative estimate of drug-likeness (QED) is 0.604. The van der Waals surface area contributed by atoms with E-state index in [-0.39, 0.29) is 35.9 Å². The van der Waals surface area contributed by atoms with Crippen LogP contribution in [0, 0.1) is 5.92 Å². The molecule has 1 aromatic heterocycles. The predicted octanol–water partition coefficient (Wildman–Crippen LogP) is -0.148. The SMILES string of the molecule is O=C1CCC(N2Cc3ccc(-n4cc(C(=O)NC5CCN6CCC5C6)nn4)cc3C2=O)C(=O)N1. The summed E-state index contributed by atoms with van der Waals surface area (Å²) in [4.78, 5) is 53.5. The van der Waals surface area contributed by atoms with Gasteiger partial charge in [-0.15, -0.1) is 5.10 Å². The molecule has 11 nitrogen and oxygen atoms in total. The van der Waals surface area contributed by atoms with Crippen molar-refractivity contribution in [1.29, 1.82) is 0 Å². The lowest BCUT2D eigenvalue weighted by atomic mass is 9.94. The van der Waals surface area contributed by atoms with E-state index in [1.807, 2.05) is 12.1 Å². The van der Waals surface area contributed by atoms with Gasteiger partial charge in [0.1, 0.15) is 6.04 Å². The predicted molar refractivity (Wildman–Crippen MR) is 118 cm³/mol. The van der Waals surface area contributed by atoms with Gasteiger partial charge in [-0.1, -0.05) is 11.3 Å². The molecule has 4 unspecified atom stereocenters. The Bertz CT molecular complexity index is 1210. The molecule has 1 aromatic carbocycles. The van der Waals surface area contributed by atoms with Gasteiger partial charge in [-0.05, 0) is 49.4 Å². The first-order chi connectivity index (χ1) is 16.5. The first-order valence-electron chi connectivity index (χ1n) is 11.7. The zero-order valence-corrected chi connectivity index (χ0v) is 18.6. The van der Waals surface area contributed by atoms with Crippen molar-refractivity contribution in [2.45, 2.75) is 44.3 Å². The summed E-state index contributed by atoms with van der Waals surface area (Å²) < 4.78 is 1.48. The van der Waals surface area contributed by atoms with Crippen LogP contribution in [0.2, 0.25) is 0 Å². The minimum atomic E-state index is -0.658. The monoisotopic (exact) mass is 463 g/mol. The topological polar surface area (TPSA) is 130 Å². The molecule has 4 atom stereocenters. The molecular formula is C23H25N7O4. The first-order valence-corrected chi connectivity index (χ1v) is 11.7. The number of fused-ring (bicyclic) bond motifs is 3. The zero-order chi connectivity index (χ0) is 23.4. The number of imide groups is 1. The molecule has 4 aliphatic rings. The summed E-state index contributed by atoms with van der Waals surface area (Å²) in [5.41, 5.74) is 2.13. The van der Waals surface area contributed by atoms with Gasteiger partial charge in [-0.25, -0.2) is 4.68 Å². The van der Waals surface area contributed by atoms with Gasteiger partial charge in [0, 0.05) is 37.7 Å². The van der Waals surface area contributed by atoms with Crippen LogP contribution in [0.1, 0.15) is 52.1 Å². The van der Waals surface area contributed by atoms with Gasteiger partial charge >= 0.3 is 0 Å². The maximum absolute atomic E-state index is 13.1. The number of carbonyl (C=O) groups is 4. The number of nitrogens with zero attached hydrogens (tertiary/aromatic N) is 5. The molecule has 34 heavy (non-hydrogen) atoms. The van der Waals surface area contributed by atoms with Crippen LogP contribution in [0.4, 0.5) is 0 Å². The van der Waals surface area contributed by atoms with E-state index in [4.69, 9.17) is 0 Å². The highest BCUT2D eigenvalue weighted by Crippen LogP contribution is 2.29. The van der Waals surface area contributed by atoms with E-state index in [0.29, 0.717) is 30.1 Å². The van der Waals surface area contributed by atoms with E-state index in [1.165, 1.54) is 9.58 Å². The number of amides is 4. The molecule has 3 saturated heterocycles. The third kappa shape index (κ3) is 3.56. The second-order valence-electron chi connectivity index (χ2n) is 9.51. The fraction of sp³-hybridized carbons (Fsp3) is 0.478.